The summed E-state index contributed by atoms with van der Waals surface area (Å²) in [6.45, 7) is 1.06. The molecule has 2 fully saturated rings. The lowest BCUT2D eigenvalue weighted by atomic mass is 9.53. The van der Waals surface area contributed by atoms with Gasteiger partial charge in [0.2, 0.25) is 10.0 Å². The monoisotopic (exact) mass is 427 g/mol. The van der Waals surface area contributed by atoms with Crippen LogP contribution in [0, 0.1) is 5.92 Å². The van der Waals surface area contributed by atoms with Crippen molar-refractivity contribution in [2.75, 3.05) is 22.8 Å². The number of hydrogen-bond acceptors (Lipinski definition) is 5. The highest BCUT2D eigenvalue weighted by Crippen LogP contribution is 2.55. The summed E-state index contributed by atoms with van der Waals surface area (Å²) in [4.78, 5) is 0. The van der Waals surface area contributed by atoms with Gasteiger partial charge in [0.15, 0.2) is 0 Å². The average Bonchev–Trinajstić information content (AvgIpc) is 2.70. The highest BCUT2D eigenvalue weighted by Gasteiger charge is 2.51. The van der Waals surface area contributed by atoms with E-state index in [1.54, 1.807) is 24.3 Å². The van der Waals surface area contributed by atoms with Gasteiger partial charge in [0.1, 0.15) is 5.75 Å². The minimum atomic E-state index is -3.30. The summed E-state index contributed by atoms with van der Waals surface area (Å²) in [5.74, 6) is 0.961. The molecule has 30 heavy (non-hydrogen) atoms. The number of nitrogens with one attached hydrogen (secondary N) is 3. The molecule has 4 N–H and O–H groups in total. The summed E-state index contributed by atoms with van der Waals surface area (Å²) in [6.07, 6.45) is 8.39. The molecular weight excluding hydrogens is 398 g/mol. The number of rotatable bonds is 4. The summed E-state index contributed by atoms with van der Waals surface area (Å²) < 4.78 is 25.2. The van der Waals surface area contributed by atoms with Crippen molar-refractivity contribution in [2.45, 2.75) is 50.0 Å². The predicted octanol–water partition coefficient (Wildman–Crippen LogP) is 3.85. The Morgan fingerprint density at radius 1 is 1.10 bits per heavy atom. The van der Waals surface area contributed by atoms with E-state index in [0.717, 1.165) is 31.3 Å². The molecule has 2 aromatic rings. The van der Waals surface area contributed by atoms with Gasteiger partial charge in [-0.3, -0.25) is 4.72 Å². The van der Waals surface area contributed by atoms with Gasteiger partial charge in [0.05, 0.1) is 11.9 Å². The molecule has 0 radical (unpaired) electrons. The molecule has 7 heteroatoms. The second kappa shape index (κ2) is 7.17. The van der Waals surface area contributed by atoms with Gasteiger partial charge in [0, 0.05) is 22.8 Å². The fourth-order valence-electron chi connectivity index (χ4n) is 6.06. The molecule has 5 rings (SSSR count). The van der Waals surface area contributed by atoms with E-state index >= 15 is 0 Å². The number of anilines is 3. The Bertz CT molecular complexity index is 1060. The van der Waals surface area contributed by atoms with Crippen molar-refractivity contribution < 1.29 is 13.5 Å². The molecule has 0 amide bonds. The minimum Gasteiger partial charge on any atom is -0.506 e. The molecule has 160 valence electrons. The third-order valence-electron chi connectivity index (χ3n) is 7.23. The van der Waals surface area contributed by atoms with Crippen LogP contribution in [0.15, 0.2) is 36.4 Å². The average molecular weight is 428 g/mol. The summed E-state index contributed by atoms with van der Waals surface area (Å²) in [5, 5.41) is 17.9. The van der Waals surface area contributed by atoms with Crippen LogP contribution in [0.4, 0.5) is 17.1 Å². The first-order valence-corrected chi connectivity index (χ1v) is 12.7. The summed E-state index contributed by atoms with van der Waals surface area (Å²) in [7, 11) is -3.30. The van der Waals surface area contributed by atoms with Crippen molar-refractivity contribution in [1.29, 1.82) is 0 Å². The van der Waals surface area contributed by atoms with Crippen molar-refractivity contribution in [3.05, 3.63) is 47.5 Å². The van der Waals surface area contributed by atoms with Crippen LogP contribution >= 0.6 is 0 Å². The van der Waals surface area contributed by atoms with Crippen LogP contribution in [0.2, 0.25) is 0 Å². The van der Waals surface area contributed by atoms with Crippen LogP contribution in [-0.2, 0) is 21.9 Å². The van der Waals surface area contributed by atoms with Gasteiger partial charge in [-0.05, 0) is 85.7 Å². The number of benzene rings is 2. The fourth-order valence-corrected chi connectivity index (χ4v) is 6.63. The molecule has 3 aliphatic rings. The Morgan fingerprint density at radius 2 is 1.87 bits per heavy atom. The number of piperidine rings is 1. The molecule has 2 aliphatic carbocycles. The maximum Gasteiger partial charge on any atom is 0.229 e. The van der Waals surface area contributed by atoms with Crippen LogP contribution in [-0.4, -0.2) is 32.4 Å². The Morgan fingerprint density at radius 3 is 2.63 bits per heavy atom. The first-order chi connectivity index (χ1) is 14.3. The predicted molar refractivity (Wildman–Crippen MR) is 120 cm³/mol. The van der Waals surface area contributed by atoms with E-state index in [1.807, 2.05) is 6.07 Å². The third-order valence-corrected chi connectivity index (χ3v) is 7.83. The zero-order valence-electron chi connectivity index (χ0n) is 17.2. The number of phenols is 1. The highest BCUT2D eigenvalue weighted by molar-refractivity contribution is 7.92. The van der Waals surface area contributed by atoms with Gasteiger partial charge in [-0.25, -0.2) is 8.42 Å². The van der Waals surface area contributed by atoms with Crippen LogP contribution in [0.5, 0.6) is 5.75 Å². The molecule has 2 aromatic carbocycles. The van der Waals surface area contributed by atoms with Gasteiger partial charge in [-0.2, -0.15) is 0 Å². The molecule has 2 bridgehead atoms. The normalized spacial score (nSPS) is 27.6. The van der Waals surface area contributed by atoms with E-state index in [0.29, 0.717) is 23.3 Å². The Labute approximate surface area is 178 Å². The van der Waals surface area contributed by atoms with Crippen LogP contribution in [0.3, 0.4) is 0 Å². The minimum absolute atomic E-state index is 0.219. The first-order valence-electron chi connectivity index (χ1n) is 10.8. The number of aromatic hydroxyl groups is 1. The number of phenolic OH excluding ortho intramolecular Hbond substituents is 1. The Balaban J connectivity index is 1.44. The van der Waals surface area contributed by atoms with E-state index in [2.05, 4.69) is 21.4 Å². The summed E-state index contributed by atoms with van der Waals surface area (Å²) in [6, 6.07) is 11.7. The lowest BCUT2D eigenvalue weighted by molar-refractivity contribution is 0.0796. The quantitative estimate of drug-likeness (QED) is 0.557. The van der Waals surface area contributed by atoms with Gasteiger partial charge in [-0.1, -0.05) is 12.8 Å². The van der Waals surface area contributed by atoms with Crippen LogP contribution < -0.4 is 15.4 Å². The smallest absolute Gasteiger partial charge is 0.229 e. The molecule has 3 atom stereocenters. The standard InChI is InChI=1S/C23H29N3O3S/c1-30(28,29)26-17-7-5-16(6-8-17)25-21-13-15-12-20-18-4-2-3-9-23(18,10-11-24-20)19(15)14-22(21)27/h5-8,13-14,18,20,24-27H,2-4,9-12H2,1H3/t18-,20+,23+/m1/s1. The van der Waals surface area contributed by atoms with E-state index in [1.165, 1.54) is 36.8 Å². The van der Waals surface area contributed by atoms with Gasteiger partial charge in [-0.15, -0.1) is 0 Å². The van der Waals surface area contributed by atoms with Crippen molar-refractivity contribution in [3.63, 3.8) is 0 Å². The van der Waals surface area contributed by atoms with Gasteiger partial charge in [0.25, 0.3) is 0 Å². The van der Waals surface area contributed by atoms with Gasteiger partial charge < -0.3 is 15.7 Å². The van der Waals surface area contributed by atoms with Crippen molar-refractivity contribution >= 4 is 27.1 Å². The highest BCUT2D eigenvalue weighted by atomic mass is 32.2. The number of fused-ring (bicyclic) bond motifs is 1. The first kappa shape index (κ1) is 19.7. The molecule has 0 spiro atoms. The maximum atomic E-state index is 11.4. The lowest BCUT2D eigenvalue weighted by Gasteiger charge is -2.56. The second-order valence-corrected chi connectivity index (χ2v) is 10.9. The Kier molecular flexibility index (Phi) is 4.71. The molecule has 1 saturated heterocycles. The van der Waals surface area contributed by atoms with Crippen molar-refractivity contribution in [2.24, 2.45) is 5.92 Å². The van der Waals surface area contributed by atoms with Crippen LogP contribution in [0.1, 0.15) is 43.2 Å². The number of sulfonamides is 1. The molecule has 1 aliphatic heterocycles. The van der Waals surface area contributed by atoms with Gasteiger partial charge >= 0.3 is 0 Å². The molecule has 1 saturated carbocycles. The molecule has 1 heterocycles. The summed E-state index contributed by atoms with van der Waals surface area (Å²) >= 11 is 0. The lowest BCUT2D eigenvalue weighted by Crippen LogP contribution is -2.59. The van der Waals surface area contributed by atoms with Crippen molar-refractivity contribution in [1.82, 2.24) is 5.32 Å². The van der Waals surface area contributed by atoms with E-state index in [4.69, 9.17) is 0 Å². The summed E-state index contributed by atoms with van der Waals surface area (Å²) in [5.41, 5.74) is 4.92. The van der Waals surface area contributed by atoms with E-state index in [9.17, 15) is 13.5 Å². The molecule has 0 unspecified atom stereocenters. The molecular formula is C23H29N3O3S. The van der Waals surface area contributed by atoms with E-state index in [-0.39, 0.29) is 11.2 Å². The van der Waals surface area contributed by atoms with Crippen LogP contribution in [0.25, 0.3) is 0 Å². The topological polar surface area (TPSA) is 90.5 Å². The molecule has 6 nitrogen and oxygen atoms in total. The van der Waals surface area contributed by atoms with E-state index < -0.39 is 10.0 Å². The maximum absolute atomic E-state index is 11.4. The fraction of sp³-hybridized carbons (Fsp3) is 0.478. The SMILES string of the molecule is CS(=O)(=O)Nc1ccc(Nc2cc3c(cc2O)[C@]24CCCC[C@@H]2[C@H](C3)NCC4)cc1. The largest absolute Gasteiger partial charge is 0.506 e. The molecule has 0 aromatic heterocycles. The third kappa shape index (κ3) is 3.44. The number of hydrogen-bond donors (Lipinski definition) is 4. The van der Waals surface area contributed by atoms with Crippen molar-refractivity contribution in [3.8, 4) is 5.75 Å². The Hall–Kier alpha value is -2.25. The zero-order chi connectivity index (χ0) is 20.9. The second-order valence-electron chi connectivity index (χ2n) is 9.13. The zero-order valence-corrected chi connectivity index (χ0v) is 18.1.